The van der Waals surface area contributed by atoms with E-state index in [1.807, 2.05) is 32.9 Å². The van der Waals surface area contributed by atoms with Gasteiger partial charge in [-0.05, 0) is 58.1 Å². The largest absolute Gasteiger partial charge is 0.444 e. The van der Waals surface area contributed by atoms with E-state index < -0.39 is 17.2 Å². The summed E-state index contributed by atoms with van der Waals surface area (Å²) >= 11 is 6.09. The van der Waals surface area contributed by atoms with Crippen LogP contribution in [0.15, 0.2) is 12.1 Å². The van der Waals surface area contributed by atoms with Crippen molar-refractivity contribution in [2.45, 2.75) is 70.9 Å². The molecule has 122 valence electrons. The van der Waals surface area contributed by atoms with Crippen molar-refractivity contribution in [3.8, 4) is 0 Å². The molecule has 0 fully saturated rings. The van der Waals surface area contributed by atoms with E-state index >= 15 is 0 Å². The molecule has 1 aromatic heterocycles. The minimum atomic E-state index is -0.517. The molecular weight excluding hydrogens is 300 g/mol. The molecule has 0 aromatic carbocycles. The summed E-state index contributed by atoms with van der Waals surface area (Å²) in [5.41, 5.74) is 1.07. The molecule has 1 aliphatic carbocycles. The second-order valence-corrected chi connectivity index (χ2v) is 7.34. The van der Waals surface area contributed by atoms with E-state index in [0.29, 0.717) is 5.15 Å². The molecule has 1 amide bonds. The fourth-order valence-electron chi connectivity index (χ4n) is 3.13. The monoisotopic (exact) mass is 324 g/mol. The molecular formula is C17H25ClN2O2. The minimum Gasteiger partial charge on any atom is -0.444 e. The van der Waals surface area contributed by atoms with Gasteiger partial charge in [0, 0.05) is 0 Å². The highest BCUT2D eigenvalue weighted by atomic mass is 35.5. The van der Waals surface area contributed by atoms with Crippen LogP contribution in [-0.2, 0) is 16.7 Å². The zero-order chi connectivity index (χ0) is 16.4. The van der Waals surface area contributed by atoms with Crippen molar-refractivity contribution in [1.82, 2.24) is 10.3 Å². The van der Waals surface area contributed by atoms with Gasteiger partial charge in [-0.25, -0.2) is 9.78 Å². The SMILES string of the molecule is CCCC1(NC(=O)OC(C)(C)C)CCCc2ccc(Cl)nc21. The first-order chi connectivity index (χ1) is 10.3. The Morgan fingerprint density at radius 1 is 1.45 bits per heavy atom. The number of carbonyl (C=O) groups is 1. The quantitative estimate of drug-likeness (QED) is 0.827. The summed E-state index contributed by atoms with van der Waals surface area (Å²) in [5.74, 6) is 0. The van der Waals surface area contributed by atoms with Crippen LogP contribution in [0.25, 0.3) is 0 Å². The second-order valence-electron chi connectivity index (χ2n) is 6.95. The Morgan fingerprint density at radius 2 is 2.18 bits per heavy atom. The summed E-state index contributed by atoms with van der Waals surface area (Å²) in [4.78, 5) is 16.8. The molecule has 1 unspecified atom stereocenters. The Balaban J connectivity index is 2.34. The average molecular weight is 325 g/mol. The van der Waals surface area contributed by atoms with Crippen molar-refractivity contribution >= 4 is 17.7 Å². The van der Waals surface area contributed by atoms with Gasteiger partial charge in [0.1, 0.15) is 10.8 Å². The van der Waals surface area contributed by atoms with Crippen LogP contribution in [0.3, 0.4) is 0 Å². The molecule has 0 saturated carbocycles. The summed E-state index contributed by atoms with van der Waals surface area (Å²) in [5, 5.41) is 3.56. The van der Waals surface area contributed by atoms with Gasteiger partial charge in [0.15, 0.2) is 0 Å². The Labute approximate surface area is 137 Å². The van der Waals surface area contributed by atoms with Crippen LogP contribution in [0.2, 0.25) is 5.15 Å². The zero-order valence-electron chi connectivity index (χ0n) is 13.8. The van der Waals surface area contributed by atoms with Gasteiger partial charge in [0.2, 0.25) is 0 Å². The van der Waals surface area contributed by atoms with E-state index in [9.17, 15) is 4.79 Å². The number of hydrogen-bond acceptors (Lipinski definition) is 3. The van der Waals surface area contributed by atoms with Gasteiger partial charge < -0.3 is 10.1 Å². The molecule has 0 radical (unpaired) electrons. The van der Waals surface area contributed by atoms with Crippen LogP contribution in [0.4, 0.5) is 4.79 Å². The molecule has 1 aromatic rings. The Hall–Kier alpha value is -1.29. The van der Waals surface area contributed by atoms with Crippen molar-refractivity contribution in [1.29, 1.82) is 0 Å². The lowest BCUT2D eigenvalue weighted by Crippen LogP contribution is -2.50. The summed E-state index contributed by atoms with van der Waals surface area (Å²) in [6.07, 6.45) is 4.24. The van der Waals surface area contributed by atoms with E-state index in [1.54, 1.807) is 0 Å². The lowest BCUT2D eigenvalue weighted by atomic mass is 9.77. The van der Waals surface area contributed by atoms with Crippen LogP contribution in [0.1, 0.15) is 64.6 Å². The number of ether oxygens (including phenoxy) is 1. The molecule has 0 spiro atoms. The smallest absolute Gasteiger partial charge is 0.408 e. The first kappa shape index (κ1) is 17.1. The molecule has 22 heavy (non-hydrogen) atoms. The number of alkyl carbamates (subject to hydrolysis) is 1. The first-order valence-electron chi connectivity index (χ1n) is 7.93. The highest BCUT2D eigenvalue weighted by molar-refractivity contribution is 6.29. The molecule has 1 heterocycles. The third-order valence-corrected chi connectivity index (χ3v) is 4.08. The second kappa shape index (κ2) is 6.45. The standard InChI is InChI=1S/C17H25ClN2O2/c1-5-10-17(20-15(21)22-16(2,3)4)11-6-7-12-8-9-13(18)19-14(12)17/h8-9H,5-7,10-11H2,1-4H3,(H,20,21). The molecule has 2 rings (SSSR count). The van der Waals surface area contributed by atoms with Crippen LogP contribution in [-0.4, -0.2) is 16.7 Å². The molecule has 1 atom stereocenters. The molecule has 0 aliphatic heterocycles. The number of nitrogens with one attached hydrogen (secondary N) is 1. The van der Waals surface area contributed by atoms with Gasteiger partial charge in [-0.1, -0.05) is 31.0 Å². The Bertz CT molecular complexity index is 554. The fraction of sp³-hybridized carbons (Fsp3) is 0.647. The van der Waals surface area contributed by atoms with Crippen molar-refractivity contribution in [3.05, 3.63) is 28.5 Å². The van der Waals surface area contributed by atoms with Crippen LogP contribution >= 0.6 is 11.6 Å². The van der Waals surface area contributed by atoms with E-state index in [2.05, 4.69) is 17.2 Å². The maximum Gasteiger partial charge on any atom is 0.408 e. The fourth-order valence-corrected chi connectivity index (χ4v) is 3.28. The molecule has 4 nitrogen and oxygen atoms in total. The lowest BCUT2D eigenvalue weighted by molar-refractivity contribution is 0.0426. The molecule has 1 N–H and O–H groups in total. The van der Waals surface area contributed by atoms with E-state index in [4.69, 9.17) is 16.3 Å². The van der Waals surface area contributed by atoms with Gasteiger partial charge in [-0.3, -0.25) is 0 Å². The third-order valence-electron chi connectivity index (χ3n) is 3.86. The number of aromatic nitrogens is 1. The van der Waals surface area contributed by atoms with Gasteiger partial charge in [-0.2, -0.15) is 0 Å². The highest BCUT2D eigenvalue weighted by Crippen LogP contribution is 2.38. The number of rotatable bonds is 3. The van der Waals surface area contributed by atoms with Crippen LogP contribution in [0, 0.1) is 0 Å². The van der Waals surface area contributed by atoms with E-state index in [-0.39, 0.29) is 0 Å². The predicted molar refractivity (Wildman–Crippen MR) is 88.1 cm³/mol. The van der Waals surface area contributed by atoms with Gasteiger partial charge in [0.25, 0.3) is 0 Å². The minimum absolute atomic E-state index is 0.393. The van der Waals surface area contributed by atoms with Crippen molar-refractivity contribution in [2.24, 2.45) is 0 Å². The first-order valence-corrected chi connectivity index (χ1v) is 8.30. The summed E-state index contributed by atoms with van der Waals surface area (Å²) in [6.45, 7) is 7.70. The van der Waals surface area contributed by atoms with Crippen LogP contribution < -0.4 is 5.32 Å². The summed E-state index contributed by atoms with van der Waals surface area (Å²) in [7, 11) is 0. The number of aryl methyl sites for hydroxylation is 1. The topological polar surface area (TPSA) is 51.2 Å². The number of carbonyl (C=O) groups excluding carboxylic acids is 1. The molecule has 1 aliphatic rings. The molecule has 0 bridgehead atoms. The average Bonchev–Trinajstić information content (AvgIpc) is 2.38. The number of pyridine rings is 1. The molecule has 5 heteroatoms. The Morgan fingerprint density at radius 3 is 2.82 bits per heavy atom. The van der Waals surface area contributed by atoms with Crippen molar-refractivity contribution in [2.75, 3.05) is 0 Å². The normalized spacial score (nSPS) is 21.1. The van der Waals surface area contributed by atoms with Crippen molar-refractivity contribution in [3.63, 3.8) is 0 Å². The third kappa shape index (κ3) is 3.92. The number of amides is 1. The summed E-state index contributed by atoms with van der Waals surface area (Å²) in [6, 6.07) is 3.83. The summed E-state index contributed by atoms with van der Waals surface area (Å²) < 4.78 is 5.45. The zero-order valence-corrected chi connectivity index (χ0v) is 14.6. The maximum atomic E-state index is 12.3. The molecule has 0 saturated heterocycles. The Kier molecular flexibility index (Phi) is 5.00. The van der Waals surface area contributed by atoms with Gasteiger partial charge in [0.05, 0.1) is 11.2 Å². The number of hydrogen-bond donors (Lipinski definition) is 1. The van der Waals surface area contributed by atoms with Gasteiger partial charge in [-0.15, -0.1) is 0 Å². The maximum absolute atomic E-state index is 12.3. The van der Waals surface area contributed by atoms with E-state index in [0.717, 1.165) is 37.8 Å². The number of fused-ring (bicyclic) bond motifs is 1. The number of nitrogens with zero attached hydrogens (tertiary/aromatic N) is 1. The van der Waals surface area contributed by atoms with Gasteiger partial charge >= 0.3 is 6.09 Å². The highest BCUT2D eigenvalue weighted by Gasteiger charge is 2.39. The van der Waals surface area contributed by atoms with Crippen LogP contribution in [0.5, 0.6) is 0 Å². The van der Waals surface area contributed by atoms with Crippen molar-refractivity contribution < 1.29 is 9.53 Å². The lowest BCUT2D eigenvalue weighted by Gasteiger charge is -2.39. The predicted octanol–water partition coefficient (Wildman–Crippen LogP) is 4.59. The van der Waals surface area contributed by atoms with E-state index in [1.165, 1.54) is 5.56 Å². The number of halogens is 1.